The topological polar surface area (TPSA) is 0 Å². The van der Waals surface area contributed by atoms with Crippen molar-refractivity contribution in [3.63, 3.8) is 0 Å². The molecule has 2 saturated carbocycles. The first kappa shape index (κ1) is 26.8. The lowest BCUT2D eigenvalue weighted by Crippen LogP contribution is -2.17. The van der Waals surface area contributed by atoms with Gasteiger partial charge in [-0.1, -0.05) is 89.0 Å². The lowest BCUT2D eigenvalue weighted by Gasteiger charge is -2.31. The Hall–Kier alpha value is -1.76. The predicted octanol–water partition coefficient (Wildman–Crippen LogP) is 9.73. The van der Waals surface area contributed by atoms with Crippen molar-refractivity contribution in [3.05, 3.63) is 47.3 Å². The normalized spacial score (nSPS) is 25.8. The predicted molar refractivity (Wildman–Crippen MR) is 132 cm³/mol. The van der Waals surface area contributed by atoms with E-state index in [9.17, 15) is 17.6 Å². The van der Waals surface area contributed by atoms with Gasteiger partial charge >= 0.3 is 6.18 Å². The Morgan fingerprint density at radius 1 is 0.853 bits per heavy atom. The molecule has 0 radical (unpaired) electrons. The Morgan fingerprint density at radius 3 is 2.00 bits per heavy atom. The largest absolute Gasteiger partial charge is 0.419 e. The van der Waals surface area contributed by atoms with Crippen molar-refractivity contribution < 1.29 is 17.6 Å². The van der Waals surface area contributed by atoms with E-state index in [0.29, 0.717) is 5.92 Å². The first-order valence-corrected chi connectivity index (χ1v) is 13.4. The second-order valence-corrected chi connectivity index (χ2v) is 10.6. The summed E-state index contributed by atoms with van der Waals surface area (Å²) in [7, 11) is 0. The summed E-state index contributed by atoms with van der Waals surface area (Å²) < 4.78 is 51.5. The number of halogens is 4. The number of allylic oxidation sites excluding steroid dienone is 2. The van der Waals surface area contributed by atoms with Gasteiger partial charge in [0.1, 0.15) is 5.82 Å². The van der Waals surface area contributed by atoms with Crippen LogP contribution in [0.5, 0.6) is 0 Å². The average molecular weight is 477 g/mol. The van der Waals surface area contributed by atoms with Gasteiger partial charge in [0.2, 0.25) is 0 Å². The molecule has 34 heavy (non-hydrogen) atoms. The molecule has 0 heterocycles. The van der Waals surface area contributed by atoms with Crippen LogP contribution in [0.15, 0.2) is 30.4 Å². The van der Waals surface area contributed by atoms with E-state index in [2.05, 4.69) is 24.8 Å². The molecule has 1 aromatic rings. The Bertz CT molecular complexity index is 826. The van der Waals surface area contributed by atoms with Gasteiger partial charge in [0.25, 0.3) is 0 Å². The molecule has 0 N–H and O–H groups in total. The van der Waals surface area contributed by atoms with Gasteiger partial charge < -0.3 is 0 Å². The van der Waals surface area contributed by atoms with Gasteiger partial charge in [0, 0.05) is 5.56 Å². The van der Waals surface area contributed by atoms with Crippen molar-refractivity contribution in [1.82, 2.24) is 0 Å². The van der Waals surface area contributed by atoms with Crippen LogP contribution in [-0.2, 0) is 6.18 Å². The van der Waals surface area contributed by atoms with E-state index in [0.717, 1.165) is 29.9 Å². The highest BCUT2D eigenvalue weighted by Crippen LogP contribution is 2.38. The molecule has 0 spiro atoms. The van der Waals surface area contributed by atoms with E-state index in [1.54, 1.807) is 6.08 Å². The molecule has 2 fully saturated rings. The maximum Gasteiger partial charge on any atom is 0.419 e. The summed E-state index contributed by atoms with van der Waals surface area (Å²) in [5.74, 6) is 7.64. The molecule has 0 saturated heterocycles. The van der Waals surface area contributed by atoms with Crippen LogP contribution in [-0.4, -0.2) is 0 Å². The van der Waals surface area contributed by atoms with Crippen LogP contribution in [0.25, 0.3) is 0 Å². The fourth-order valence-electron chi connectivity index (χ4n) is 5.76. The Kier molecular flexibility index (Phi) is 10.5. The van der Waals surface area contributed by atoms with Gasteiger partial charge in [-0.05, 0) is 73.6 Å². The van der Waals surface area contributed by atoms with Gasteiger partial charge in [0.05, 0.1) is 5.56 Å². The van der Waals surface area contributed by atoms with Crippen LogP contribution >= 0.6 is 0 Å². The number of hydrogen-bond donors (Lipinski definition) is 0. The highest BCUT2D eigenvalue weighted by atomic mass is 19.4. The van der Waals surface area contributed by atoms with Crippen LogP contribution < -0.4 is 0 Å². The lowest BCUT2D eigenvalue weighted by atomic mass is 9.75. The minimum absolute atomic E-state index is 0.258. The van der Waals surface area contributed by atoms with E-state index in [4.69, 9.17) is 0 Å². The minimum Gasteiger partial charge on any atom is -0.206 e. The standard InChI is InChI=1S/C30H40F4/c1-2-3-4-7-23-10-14-25(15-11-23)18-19-26-16-12-24(13-17-26)8-5-6-9-27-20-21-28(29(31)22-27)30(32,33)34/h5,8,20-26H,2-4,7,10-19H2,1H3/t23-,24-,25-,26-. The molecule has 0 aromatic heterocycles. The van der Waals surface area contributed by atoms with Crippen molar-refractivity contribution in [3.8, 4) is 11.8 Å². The summed E-state index contributed by atoms with van der Waals surface area (Å²) in [6.45, 7) is 2.28. The van der Waals surface area contributed by atoms with E-state index in [-0.39, 0.29) is 5.56 Å². The summed E-state index contributed by atoms with van der Waals surface area (Å²) in [6, 6.07) is 2.83. The van der Waals surface area contributed by atoms with Crippen molar-refractivity contribution in [2.24, 2.45) is 23.7 Å². The minimum atomic E-state index is -4.68. The molecule has 188 valence electrons. The van der Waals surface area contributed by atoms with Crippen LogP contribution in [0.1, 0.15) is 108 Å². The van der Waals surface area contributed by atoms with Crippen molar-refractivity contribution in [2.45, 2.75) is 103 Å². The molecule has 0 nitrogen and oxygen atoms in total. The molecular weight excluding hydrogens is 436 g/mol. The zero-order chi connectivity index (χ0) is 24.4. The first-order valence-electron chi connectivity index (χ1n) is 13.4. The van der Waals surface area contributed by atoms with E-state index >= 15 is 0 Å². The van der Waals surface area contributed by atoms with Gasteiger partial charge in [-0.2, -0.15) is 13.2 Å². The smallest absolute Gasteiger partial charge is 0.206 e. The number of rotatable bonds is 8. The van der Waals surface area contributed by atoms with Crippen molar-refractivity contribution in [1.29, 1.82) is 0 Å². The zero-order valence-corrected chi connectivity index (χ0v) is 20.6. The van der Waals surface area contributed by atoms with E-state index in [1.165, 1.54) is 96.0 Å². The van der Waals surface area contributed by atoms with E-state index in [1.807, 2.05) is 0 Å². The Morgan fingerprint density at radius 2 is 1.44 bits per heavy atom. The summed E-state index contributed by atoms with van der Waals surface area (Å²) in [6.07, 6.45) is 18.3. The average Bonchev–Trinajstić information content (AvgIpc) is 2.81. The zero-order valence-electron chi connectivity index (χ0n) is 20.6. The van der Waals surface area contributed by atoms with Crippen LogP contribution in [0.4, 0.5) is 17.6 Å². The molecule has 2 aliphatic carbocycles. The number of hydrogen-bond acceptors (Lipinski definition) is 0. The second kappa shape index (κ2) is 13.4. The third-order valence-corrected chi connectivity index (χ3v) is 8.00. The summed E-state index contributed by atoms with van der Waals surface area (Å²) in [5.41, 5.74) is -0.991. The molecule has 3 rings (SSSR count). The fraction of sp³-hybridized carbons (Fsp3) is 0.667. The molecule has 0 unspecified atom stereocenters. The van der Waals surface area contributed by atoms with Crippen molar-refractivity contribution >= 4 is 0 Å². The molecular formula is C30H40F4. The summed E-state index contributed by atoms with van der Waals surface area (Å²) >= 11 is 0. The highest BCUT2D eigenvalue weighted by Gasteiger charge is 2.33. The van der Waals surface area contributed by atoms with Gasteiger partial charge in [-0.3, -0.25) is 0 Å². The first-order chi connectivity index (χ1) is 16.3. The Balaban J connectivity index is 1.33. The lowest BCUT2D eigenvalue weighted by molar-refractivity contribution is -0.140. The third kappa shape index (κ3) is 8.79. The quantitative estimate of drug-likeness (QED) is 0.199. The van der Waals surface area contributed by atoms with Gasteiger partial charge in [-0.15, -0.1) is 0 Å². The van der Waals surface area contributed by atoms with Gasteiger partial charge in [0.15, 0.2) is 0 Å². The molecule has 0 atom stereocenters. The maximum atomic E-state index is 13.6. The monoisotopic (exact) mass is 476 g/mol. The highest BCUT2D eigenvalue weighted by molar-refractivity contribution is 5.39. The molecule has 0 bridgehead atoms. The summed E-state index contributed by atoms with van der Waals surface area (Å²) in [4.78, 5) is 0. The number of unbranched alkanes of at least 4 members (excludes halogenated alkanes) is 2. The fourth-order valence-corrected chi connectivity index (χ4v) is 5.76. The van der Waals surface area contributed by atoms with Crippen LogP contribution in [0, 0.1) is 41.3 Å². The third-order valence-electron chi connectivity index (χ3n) is 8.00. The van der Waals surface area contributed by atoms with Gasteiger partial charge in [-0.25, -0.2) is 4.39 Å². The maximum absolute atomic E-state index is 13.6. The summed E-state index contributed by atoms with van der Waals surface area (Å²) in [5, 5.41) is 0. The Labute approximate surface area is 203 Å². The second-order valence-electron chi connectivity index (χ2n) is 10.6. The van der Waals surface area contributed by atoms with E-state index < -0.39 is 17.6 Å². The molecule has 0 aliphatic heterocycles. The van der Waals surface area contributed by atoms with Crippen LogP contribution in [0.2, 0.25) is 0 Å². The number of benzene rings is 1. The molecule has 0 amide bonds. The molecule has 4 heteroatoms. The molecule has 2 aliphatic rings. The van der Waals surface area contributed by atoms with Crippen LogP contribution in [0.3, 0.4) is 0 Å². The number of alkyl halides is 3. The molecule has 1 aromatic carbocycles. The van der Waals surface area contributed by atoms with Crippen molar-refractivity contribution in [2.75, 3.05) is 0 Å². The SMILES string of the molecule is CCCCC[C@H]1CC[C@H](CC[C@H]2CC[C@H](C=CC#Cc3ccc(C(F)(F)F)c(F)c3)CC2)CC1.